The van der Waals surface area contributed by atoms with Gasteiger partial charge in [0.05, 0.1) is 29.2 Å². The van der Waals surface area contributed by atoms with Crippen LogP contribution in [0.5, 0.6) is 0 Å². The van der Waals surface area contributed by atoms with E-state index in [4.69, 9.17) is 28.9 Å². The Morgan fingerprint density at radius 2 is 2.00 bits per heavy atom. The van der Waals surface area contributed by atoms with Crippen molar-refractivity contribution in [2.24, 2.45) is 5.73 Å². The minimum atomic E-state index is -0.386. The van der Waals surface area contributed by atoms with E-state index >= 15 is 0 Å². The van der Waals surface area contributed by atoms with Crippen LogP contribution in [-0.4, -0.2) is 24.9 Å². The van der Waals surface area contributed by atoms with Crippen LogP contribution in [0, 0.1) is 0 Å². The summed E-state index contributed by atoms with van der Waals surface area (Å²) in [6.45, 7) is 1.50. The number of rotatable bonds is 5. The molecule has 1 aromatic carbocycles. The monoisotopic (exact) mass is 303 g/mol. The fourth-order valence-electron chi connectivity index (χ4n) is 1.48. The molecule has 0 spiro atoms. The van der Waals surface area contributed by atoms with Gasteiger partial charge in [0.1, 0.15) is 0 Å². The molecule has 2 amide bonds. The van der Waals surface area contributed by atoms with Gasteiger partial charge < -0.3 is 16.4 Å². The number of nitrogens with two attached hydrogens (primary N) is 1. The highest BCUT2D eigenvalue weighted by atomic mass is 35.5. The summed E-state index contributed by atoms with van der Waals surface area (Å²) in [5, 5.41) is 5.92. The number of hydrogen-bond donors (Lipinski definition) is 3. The quantitative estimate of drug-likeness (QED) is 0.765. The molecule has 7 heteroatoms. The van der Waals surface area contributed by atoms with Gasteiger partial charge in [-0.2, -0.15) is 0 Å². The van der Waals surface area contributed by atoms with Crippen LogP contribution in [0.3, 0.4) is 0 Å². The number of nitrogens with one attached hydrogen (secondary N) is 2. The standard InChI is InChI=1S/C12H15Cl2N3O2/c1-7(8-3-2-4-9(13)12(8)14)17-11(19)6-16-10(18)5-15/h2-4,7H,5-6,15H2,1H3,(H,16,18)(H,17,19). The highest BCUT2D eigenvalue weighted by Gasteiger charge is 2.14. The Labute approximate surface area is 121 Å². The molecule has 0 fully saturated rings. The number of carbonyl (C=O) groups is 2. The van der Waals surface area contributed by atoms with Crippen LogP contribution in [-0.2, 0) is 9.59 Å². The van der Waals surface area contributed by atoms with Gasteiger partial charge >= 0.3 is 0 Å². The molecule has 1 aromatic rings. The van der Waals surface area contributed by atoms with Gasteiger partial charge in [-0.1, -0.05) is 35.3 Å². The van der Waals surface area contributed by atoms with Gasteiger partial charge in [-0.05, 0) is 18.6 Å². The maximum absolute atomic E-state index is 11.6. The molecule has 0 aromatic heterocycles. The SMILES string of the molecule is CC(NC(=O)CNC(=O)CN)c1cccc(Cl)c1Cl. The largest absolute Gasteiger partial charge is 0.348 e. The molecule has 4 N–H and O–H groups in total. The summed E-state index contributed by atoms with van der Waals surface area (Å²) < 4.78 is 0. The second-order valence-electron chi connectivity index (χ2n) is 3.91. The van der Waals surface area contributed by atoms with Crippen LogP contribution in [0.4, 0.5) is 0 Å². The number of carbonyl (C=O) groups excluding carboxylic acids is 2. The van der Waals surface area contributed by atoms with Crippen LogP contribution in [0.25, 0.3) is 0 Å². The van der Waals surface area contributed by atoms with E-state index in [0.717, 1.165) is 0 Å². The third kappa shape index (κ3) is 4.70. The van der Waals surface area contributed by atoms with E-state index in [1.54, 1.807) is 25.1 Å². The van der Waals surface area contributed by atoms with E-state index < -0.39 is 0 Å². The second kappa shape index (κ2) is 7.33. The summed E-state index contributed by atoms with van der Waals surface area (Å²) in [5.74, 6) is -0.714. The Bertz CT molecular complexity index is 480. The Kier molecular flexibility index (Phi) is 6.08. The minimum absolute atomic E-state index is 0.126. The van der Waals surface area contributed by atoms with Crippen molar-refractivity contribution in [3.8, 4) is 0 Å². The van der Waals surface area contributed by atoms with Crippen molar-refractivity contribution in [3.05, 3.63) is 33.8 Å². The number of halogens is 2. The Morgan fingerprint density at radius 1 is 1.32 bits per heavy atom. The van der Waals surface area contributed by atoms with Crippen LogP contribution in [0.15, 0.2) is 18.2 Å². The average molecular weight is 304 g/mol. The summed E-state index contributed by atoms with van der Waals surface area (Å²) in [6.07, 6.45) is 0. The van der Waals surface area contributed by atoms with Crippen LogP contribution < -0.4 is 16.4 Å². The van der Waals surface area contributed by atoms with Gasteiger partial charge in [0.15, 0.2) is 0 Å². The summed E-state index contributed by atoms with van der Waals surface area (Å²) in [7, 11) is 0. The lowest BCUT2D eigenvalue weighted by Gasteiger charge is -2.16. The topological polar surface area (TPSA) is 84.2 Å². The van der Waals surface area contributed by atoms with Gasteiger partial charge in [0, 0.05) is 0 Å². The fraction of sp³-hybridized carbons (Fsp3) is 0.333. The van der Waals surface area contributed by atoms with Gasteiger partial charge in [-0.15, -0.1) is 0 Å². The Balaban J connectivity index is 2.59. The molecule has 5 nitrogen and oxygen atoms in total. The van der Waals surface area contributed by atoms with E-state index in [2.05, 4.69) is 10.6 Å². The van der Waals surface area contributed by atoms with Crippen molar-refractivity contribution in [1.82, 2.24) is 10.6 Å². The zero-order chi connectivity index (χ0) is 14.4. The molecular weight excluding hydrogens is 289 g/mol. The number of amides is 2. The van der Waals surface area contributed by atoms with Crippen LogP contribution >= 0.6 is 23.2 Å². The molecule has 1 rings (SSSR count). The molecule has 0 aliphatic carbocycles. The highest BCUT2D eigenvalue weighted by Crippen LogP contribution is 2.29. The molecule has 104 valence electrons. The maximum atomic E-state index is 11.6. The van der Waals surface area contributed by atoms with Crippen molar-refractivity contribution in [1.29, 1.82) is 0 Å². The lowest BCUT2D eigenvalue weighted by Crippen LogP contribution is -2.40. The normalized spacial score (nSPS) is 11.8. The first-order valence-electron chi connectivity index (χ1n) is 5.65. The summed E-state index contributed by atoms with van der Waals surface area (Å²) in [4.78, 5) is 22.5. The zero-order valence-corrected chi connectivity index (χ0v) is 11.9. The van der Waals surface area contributed by atoms with E-state index in [1.165, 1.54) is 0 Å². The van der Waals surface area contributed by atoms with Crippen molar-refractivity contribution in [2.45, 2.75) is 13.0 Å². The Morgan fingerprint density at radius 3 is 2.63 bits per heavy atom. The van der Waals surface area contributed by atoms with Gasteiger partial charge in [0.25, 0.3) is 0 Å². The molecule has 0 radical (unpaired) electrons. The maximum Gasteiger partial charge on any atom is 0.239 e. The average Bonchev–Trinajstić information content (AvgIpc) is 2.38. The van der Waals surface area contributed by atoms with E-state index in [9.17, 15) is 9.59 Å². The molecule has 0 saturated heterocycles. The second-order valence-corrected chi connectivity index (χ2v) is 4.70. The predicted molar refractivity (Wildman–Crippen MR) is 75.1 cm³/mol. The summed E-state index contributed by atoms with van der Waals surface area (Å²) in [6, 6.07) is 4.89. The lowest BCUT2D eigenvalue weighted by atomic mass is 10.1. The zero-order valence-electron chi connectivity index (χ0n) is 10.4. The first-order valence-corrected chi connectivity index (χ1v) is 6.41. The first kappa shape index (κ1) is 15.8. The predicted octanol–water partition coefficient (Wildman–Crippen LogP) is 1.25. The van der Waals surface area contributed by atoms with E-state index in [-0.39, 0.29) is 30.9 Å². The molecule has 0 aliphatic heterocycles. The highest BCUT2D eigenvalue weighted by molar-refractivity contribution is 6.42. The molecular formula is C12H15Cl2N3O2. The van der Waals surface area contributed by atoms with Crippen LogP contribution in [0.2, 0.25) is 10.0 Å². The van der Waals surface area contributed by atoms with Crippen molar-refractivity contribution in [3.63, 3.8) is 0 Å². The van der Waals surface area contributed by atoms with Crippen LogP contribution in [0.1, 0.15) is 18.5 Å². The lowest BCUT2D eigenvalue weighted by molar-refractivity contribution is -0.125. The summed E-state index contributed by atoms with van der Waals surface area (Å²) >= 11 is 12.0. The molecule has 19 heavy (non-hydrogen) atoms. The first-order chi connectivity index (χ1) is 8.95. The Hall–Kier alpha value is -1.30. The molecule has 0 aliphatic rings. The molecule has 0 heterocycles. The molecule has 0 saturated carbocycles. The molecule has 1 unspecified atom stereocenters. The van der Waals surface area contributed by atoms with Crippen molar-refractivity contribution in [2.75, 3.05) is 13.1 Å². The van der Waals surface area contributed by atoms with Crippen molar-refractivity contribution >= 4 is 35.0 Å². The van der Waals surface area contributed by atoms with E-state index in [1.807, 2.05) is 0 Å². The van der Waals surface area contributed by atoms with Gasteiger partial charge in [-0.25, -0.2) is 0 Å². The molecule has 0 bridgehead atoms. The van der Waals surface area contributed by atoms with E-state index in [0.29, 0.717) is 15.6 Å². The molecule has 1 atom stereocenters. The number of benzene rings is 1. The third-order valence-electron chi connectivity index (χ3n) is 2.46. The fourth-order valence-corrected chi connectivity index (χ4v) is 1.95. The minimum Gasteiger partial charge on any atom is -0.348 e. The van der Waals surface area contributed by atoms with Gasteiger partial charge in [-0.3, -0.25) is 9.59 Å². The van der Waals surface area contributed by atoms with Gasteiger partial charge in [0.2, 0.25) is 11.8 Å². The third-order valence-corrected chi connectivity index (χ3v) is 3.29. The smallest absolute Gasteiger partial charge is 0.239 e. The number of hydrogen-bond acceptors (Lipinski definition) is 3. The van der Waals surface area contributed by atoms with Crippen molar-refractivity contribution < 1.29 is 9.59 Å². The summed E-state index contributed by atoms with van der Waals surface area (Å²) in [5.41, 5.74) is 5.83.